The van der Waals surface area contributed by atoms with Crippen LogP contribution in [0.1, 0.15) is 219 Å². The van der Waals surface area contributed by atoms with Crippen LogP contribution in [0.2, 0.25) is 0 Å². The molecule has 9 heteroatoms. The van der Waals surface area contributed by atoms with E-state index in [9.17, 15) is 25.2 Å². The number of unbranched alkanes of at least 4 members (excludes halogenated alkanes) is 22. The van der Waals surface area contributed by atoms with Gasteiger partial charge in [-0.3, -0.25) is 4.79 Å². The highest BCUT2D eigenvalue weighted by Gasteiger charge is 2.44. The number of esters is 1. The number of ether oxygens (including phenoxy) is 4. The molecular formula is C59H102O9. The van der Waals surface area contributed by atoms with Gasteiger partial charge in [0.2, 0.25) is 0 Å². The number of carbonyl (C=O) groups excluding carboxylic acids is 1. The normalized spacial score (nSPS) is 19.8. The molecule has 0 aromatic heterocycles. The molecule has 0 aliphatic carbocycles. The third-order valence-corrected chi connectivity index (χ3v) is 12.3. The second kappa shape index (κ2) is 49.4. The molecule has 1 aliphatic rings. The number of aliphatic hydroxyl groups is 4. The number of aliphatic hydroxyl groups excluding tert-OH is 4. The van der Waals surface area contributed by atoms with E-state index in [1.165, 1.54) is 116 Å². The van der Waals surface area contributed by atoms with Crippen LogP contribution in [0, 0.1) is 0 Å². The van der Waals surface area contributed by atoms with E-state index in [0.717, 1.165) is 83.5 Å². The number of rotatable bonds is 47. The Balaban J connectivity index is 2.18. The van der Waals surface area contributed by atoms with Gasteiger partial charge < -0.3 is 39.4 Å². The topological polar surface area (TPSA) is 135 Å². The van der Waals surface area contributed by atoms with Crippen LogP contribution < -0.4 is 0 Å². The Morgan fingerprint density at radius 3 is 1.35 bits per heavy atom. The van der Waals surface area contributed by atoms with Crippen LogP contribution in [0.4, 0.5) is 0 Å². The number of hydrogen-bond donors (Lipinski definition) is 4. The highest BCUT2D eigenvalue weighted by molar-refractivity contribution is 5.69. The molecule has 4 N–H and O–H groups in total. The quantitative estimate of drug-likeness (QED) is 0.0267. The van der Waals surface area contributed by atoms with Gasteiger partial charge in [0.05, 0.1) is 19.8 Å². The van der Waals surface area contributed by atoms with Gasteiger partial charge in [0.25, 0.3) is 0 Å². The molecule has 6 atom stereocenters. The van der Waals surface area contributed by atoms with Gasteiger partial charge in [0.1, 0.15) is 30.5 Å². The molecule has 0 saturated carbocycles. The van der Waals surface area contributed by atoms with Crippen LogP contribution in [0.5, 0.6) is 0 Å². The second-order valence-electron chi connectivity index (χ2n) is 18.6. The van der Waals surface area contributed by atoms with Crippen LogP contribution in [0.3, 0.4) is 0 Å². The molecule has 1 aliphatic heterocycles. The van der Waals surface area contributed by atoms with Crippen molar-refractivity contribution in [1.82, 2.24) is 0 Å². The standard InChI is InChI=1S/C59H102O9/c1-3-5-7-9-11-13-15-17-19-21-23-25-26-27-28-29-30-32-34-36-38-40-42-44-46-48-55(61)67-53(52-66-59-58(64)57(63)56(62)54(50-60)68-59)51-65-49-47-45-43-41-39-37-35-33-31-24-22-20-18-16-14-12-10-8-6-4-2/h5,7,11-14,17-20,23-25,31,53-54,56-60,62-64H,3-4,6,8-10,15-16,21-22,26-30,32-52H2,1-2H3/b7-5-,13-11-,14-12-,19-17-,20-18-,25-23-,31-24-. The minimum atomic E-state index is -1.54. The molecule has 392 valence electrons. The fraction of sp³-hybridized carbons (Fsp3) is 0.746. The Labute approximate surface area is 416 Å². The Morgan fingerprint density at radius 2 is 0.897 bits per heavy atom. The summed E-state index contributed by atoms with van der Waals surface area (Å²) in [4.78, 5) is 12.9. The first-order valence-corrected chi connectivity index (χ1v) is 27.7. The van der Waals surface area contributed by atoms with Gasteiger partial charge in [-0.2, -0.15) is 0 Å². The number of carbonyl (C=O) groups is 1. The van der Waals surface area contributed by atoms with E-state index in [4.69, 9.17) is 18.9 Å². The van der Waals surface area contributed by atoms with E-state index in [1.54, 1.807) is 0 Å². The first-order valence-electron chi connectivity index (χ1n) is 27.7. The van der Waals surface area contributed by atoms with Crippen molar-refractivity contribution in [2.75, 3.05) is 26.4 Å². The highest BCUT2D eigenvalue weighted by Crippen LogP contribution is 2.23. The van der Waals surface area contributed by atoms with Gasteiger partial charge in [-0.1, -0.05) is 208 Å². The van der Waals surface area contributed by atoms with Crippen LogP contribution in [0.15, 0.2) is 85.1 Å². The molecule has 0 aromatic carbocycles. The highest BCUT2D eigenvalue weighted by atomic mass is 16.7. The zero-order chi connectivity index (χ0) is 49.2. The summed E-state index contributed by atoms with van der Waals surface area (Å²) in [5.74, 6) is -0.321. The molecule has 1 heterocycles. The first kappa shape index (κ1) is 63.4. The van der Waals surface area contributed by atoms with Crippen molar-refractivity contribution in [1.29, 1.82) is 0 Å². The molecule has 0 bridgehead atoms. The largest absolute Gasteiger partial charge is 0.457 e. The van der Waals surface area contributed by atoms with E-state index in [-0.39, 0.29) is 19.2 Å². The van der Waals surface area contributed by atoms with Crippen molar-refractivity contribution in [3.05, 3.63) is 85.1 Å². The zero-order valence-corrected chi connectivity index (χ0v) is 43.3. The molecule has 0 aromatic rings. The van der Waals surface area contributed by atoms with E-state index in [2.05, 4.69) is 98.9 Å². The molecule has 0 radical (unpaired) electrons. The minimum absolute atomic E-state index is 0.122. The average Bonchev–Trinajstić information content (AvgIpc) is 3.34. The molecular weight excluding hydrogens is 853 g/mol. The maximum atomic E-state index is 12.9. The molecule has 1 rings (SSSR count). The Bertz CT molecular complexity index is 1320. The Hall–Kier alpha value is -2.63. The number of allylic oxidation sites excluding steroid dienone is 14. The summed E-state index contributed by atoms with van der Waals surface area (Å²) in [6.07, 6.45) is 60.4. The third kappa shape index (κ3) is 39.1. The predicted molar refractivity (Wildman–Crippen MR) is 283 cm³/mol. The molecule has 1 saturated heterocycles. The van der Waals surface area contributed by atoms with E-state index in [0.29, 0.717) is 13.0 Å². The van der Waals surface area contributed by atoms with Gasteiger partial charge >= 0.3 is 5.97 Å². The summed E-state index contributed by atoms with van der Waals surface area (Å²) in [7, 11) is 0. The smallest absolute Gasteiger partial charge is 0.306 e. The number of hydrogen-bond acceptors (Lipinski definition) is 9. The SMILES string of the molecule is CC/C=C\C/C=C\C/C=C\C/C=C\CCCCCCCCCCCCCCC(=O)OC(COCCCCCCCCC/C=C\C/C=C\C/C=C\CCCCC)COC1OC(CO)C(O)C(O)C1O. The summed E-state index contributed by atoms with van der Waals surface area (Å²) in [6, 6.07) is 0. The van der Waals surface area contributed by atoms with E-state index < -0.39 is 43.4 Å². The van der Waals surface area contributed by atoms with Crippen LogP contribution in [-0.4, -0.2) is 89.6 Å². The maximum Gasteiger partial charge on any atom is 0.306 e. The summed E-state index contributed by atoms with van der Waals surface area (Å²) in [5, 5.41) is 40.3. The fourth-order valence-corrected chi connectivity index (χ4v) is 8.02. The lowest BCUT2D eigenvalue weighted by molar-refractivity contribution is -0.305. The van der Waals surface area contributed by atoms with E-state index in [1.807, 2.05) is 0 Å². The average molecular weight is 955 g/mol. The van der Waals surface area contributed by atoms with Crippen molar-refractivity contribution in [2.24, 2.45) is 0 Å². The van der Waals surface area contributed by atoms with Gasteiger partial charge in [-0.15, -0.1) is 0 Å². The fourth-order valence-electron chi connectivity index (χ4n) is 8.02. The minimum Gasteiger partial charge on any atom is -0.457 e. The Kier molecular flexibility index (Phi) is 46.0. The van der Waals surface area contributed by atoms with Crippen molar-refractivity contribution in [3.8, 4) is 0 Å². The van der Waals surface area contributed by atoms with Crippen molar-refractivity contribution in [3.63, 3.8) is 0 Å². The van der Waals surface area contributed by atoms with E-state index >= 15 is 0 Å². The molecule has 9 nitrogen and oxygen atoms in total. The second-order valence-corrected chi connectivity index (χ2v) is 18.6. The lowest BCUT2D eigenvalue weighted by atomic mass is 9.99. The van der Waals surface area contributed by atoms with Crippen molar-refractivity contribution >= 4 is 5.97 Å². The molecule has 0 spiro atoms. The summed E-state index contributed by atoms with van der Waals surface area (Å²) < 4.78 is 22.9. The van der Waals surface area contributed by atoms with Gasteiger partial charge in [0, 0.05) is 13.0 Å². The summed E-state index contributed by atoms with van der Waals surface area (Å²) in [5.41, 5.74) is 0. The Morgan fingerprint density at radius 1 is 0.485 bits per heavy atom. The monoisotopic (exact) mass is 955 g/mol. The zero-order valence-electron chi connectivity index (χ0n) is 43.3. The van der Waals surface area contributed by atoms with Crippen molar-refractivity contribution in [2.45, 2.75) is 256 Å². The summed E-state index contributed by atoms with van der Waals surface area (Å²) in [6.45, 7) is 4.40. The van der Waals surface area contributed by atoms with Gasteiger partial charge in [-0.25, -0.2) is 0 Å². The molecule has 1 fully saturated rings. The summed E-state index contributed by atoms with van der Waals surface area (Å²) >= 11 is 0. The molecule has 0 amide bonds. The lowest BCUT2D eigenvalue weighted by Gasteiger charge is -2.39. The van der Waals surface area contributed by atoms with Gasteiger partial charge in [0.15, 0.2) is 6.29 Å². The van der Waals surface area contributed by atoms with Gasteiger partial charge in [-0.05, 0) is 89.9 Å². The molecule has 68 heavy (non-hydrogen) atoms. The van der Waals surface area contributed by atoms with Crippen LogP contribution in [0.25, 0.3) is 0 Å². The van der Waals surface area contributed by atoms with Crippen molar-refractivity contribution < 1.29 is 44.2 Å². The third-order valence-electron chi connectivity index (χ3n) is 12.3. The first-order chi connectivity index (χ1) is 33.4. The lowest BCUT2D eigenvalue weighted by Crippen LogP contribution is -2.59. The van der Waals surface area contributed by atoms with Crippen LogP contribution in [-0.2, 0) is 23.7 Å². The predicted octanol–water partition coefficient (Wildman–Crippen LogP) is 14.1. The van der Waals surface area contributed by atoms with Crippen LogP contribution >= 0.6 is 0 Å². The maximum absolute atomic E-state index is 12.9. The molecule has 6 unspecified atom stereocenters.